The van der Waals surface area contributed by atoms with Crippen LogP contribution in [0.2, 0.25) is 0 Å². The molecule has 0 aliphatic rings. The molecule has 0 spiro atoms. The number of carbonyl (C=O) groups excluding carboxylic acids is 4. The van der Waals surface area contributed by atoms with Gasteiger partial charge in [0.25, 0.3) is 0 Å². The lowest BCUT2D eigenvalue weighted by molar-refractivity contribution is -0.161. The third-order valence-electron chi connectivity index (χ3n) is 22.4. The summed E-state index contributed by atoms with van der Waals surface area (Å²) in [7, 11) is -9.94. The zero-order valence-electron chi connectivity index (χ0n) is 73.4. The van der Waals surface area contributed by atoms with Crippen molar-refractivity contribution in [2.45, 2.75) is 510 Å². The molecule has 0 fully saturated rings. The highest BCUT2D eigenvalue weighted by molar-refractivity contribution is 7.47. The van der Waals surface area contributed by atoms with Gasteiger partial charge in [-0.2, -0.15) is 0 Å². The van der Waals surface area contributed by atoms with E-state index in [9.17, 15) is 43.2 Å². The van der Waals surface area contributed by atoms with Crippen molar-refractivity contribution in [1.82, 2.24) is 0 Å². The summed E-state index contributed by atoms with van der Waals surface area (Å²) in [6.07, 6.45) is 75.1. The molecule has 0 radical (unpaired) electrons. The van der Waals surface area contributed by atoms with Gasteiger partial charge < -0.3 is 33.8 Å². The Labute approximate surface area is 683 Å². The summed E-state index contributed by atoms with van der Waals surface area (Å²) in [6, 6.07) is 0. The fraction of sp³-hybridized carbons (Fsp3) is 0.957. The van der Waals surface area contributed by atoms with E-state index in [-0.39, 0.29) is 25.7 Å². The Morgan fingerprint density at radius 3 is 0.685 bits per heavy atom. The highest BCUT2D eigenvalue weighted by Crippen LogP contribution is 2.45. The van der Waals surface area contributed by atoms with Crippen LogP contribution in [0.4, 0.5) is 0 Å². The molecule has 0 aliphatic carbocycles. The van der Waals surface area contributed by atoms with Crippen molar-refractivity contribution in [2.75, 3.05) is 39.6 Å². The number of hydrogen-bond donors (Lipinski definition) is 3. The van der Waals surface area contributed by atoms with Crippen LogP contribution >= 0.6 is 15.6 Å². The zero-order valence-corrected chi connectivity index (χ0v) is 75.2. The summed E-state index contributed by atoms with van der Waals surface area (Å²) in [6.45, 7) is 12.1. The van der Waals surface area contributed by atoms with Crippen molar-refractivity contribution < 1.29 is 80.2 Å². The van der Waals surface area contributed by atoms with E-state index < -0.39 is 97.5 Å². The minimum Gasteiger partial charge on any atom is -0.462 e. The van der Waals surface area contributed by atoms with E-state index in [1.165, 1.54) is 295 Å². The second-order valence-electron chi connectivity index (χ2n) is 34.0. The van der Waals surface area contributed by atoms with Gasteiger partial charge in [-0.15, -0.1) is 0 Å². The third-order valence-corrected chi connectivity index (χ3v) is 24.3. The number of phosphoric ester groups is 2. The maximum Gasteiger partial charge on any atom is 0.472 e. The summed E-state index contributed by atoms with van der Waals surface area (Å²) in [5.41, 5.74) is 0. The van der Waals surface area contributed by atoms with Crippen LogP contribution in [0.3, 0.4) is 0 Å². The highest BCUT2D eigenvalue weighted by atomic mass is 31.2. The maximum atomic E-state index is 13.2. The molecule has 0 aromatic heterocycles. The van der Waals surface area contributed by atoms with Crippen molar-refractivity contribution in [3.05, 3.63) is 0 Å². The van der Waals surface area contributed by atoms with Crippen LogP contribution in [-0.4, -0.2) is 96.7 Å². The first-order valence-electron chi connectivity index (χ1n) is 47.4. The van der Waals surface area contributed by atoms with Gasteiger partial charge in [0.05, 0.1) is 26.4 Å². The first-order chi connectivity index (χ1) is 53.8. The number of hydrogen-bond acceptors (Lipinski definition) is 15. The van der Waals surface area contributed by atoms with Crippen LogP contribution in [0.15, 0.2) is 0 Å². The first kappa shape index (κ1) is 109. The molecule has 111 heavy (non-hydrogen) atoms. The molecule has 19 heteroatoms. The lowest BCUT2D eigenvalue weighted by Gasteiger charge is -2.21. The molecule has 7 atom stereocenters. The van der Waals surface area contributed by atoms with E-state index in [1.54, 1.807) is 0 Å². The molecule has 4 unspecified atom stereocenters. The Balaban J connectivity index is 5.21. The number of ether oxygens (including phenoxy) is 4. The number of carbonyl (C=O) groups is 4. The Kier molecular flexibility index (Phi) is 80.4. The lowest BCUT2D eigenvalue weighted by Crippen LogP contribution is -2.30. The second-order valence-corrected chi connectivity index (χ2v) is 36.9. The Hall–Kier alpha value is -1.94. The van der Waals surface area contributed by atoms with Gasteiger partial charge in [-0.3, -0.25) is 37.3 Å². The van der Waals surface area contributed by atoms with Gasteiger partial charge in [0.1, 0.15) is 19.3 Å². The minimum atomic E-state index is -4.97. The van der Waals surface area contributed by atoms with Crippen LogP contribution in [0.1, 0.15) is 492 Å². The summed E-state index contributed by atoms with van der Waals surface area (Å²) < 4.78 is 69.0. The summed E-state index contributed by atoms with van der Waals surface area (Å²) in [5.74, 6) is 0.351. The fourth-order valence-electron chi connectivity index (χ4n) is 14.4. The predicted molar refractivity (Wildman–Crippen MR) is 460 cm³/mol. The second kappa shape index (κ2) is 81.8. The van der Waals surface area contributed by atoms with Crippen LogP contribution in [0.5, 0.6) is 0 Å². The topological polar surface area (TPSA) is 237 Å². The minimum absolute atomic E-state index is 0.108. The Morgan fingerprint density at radius 2 is 0.459 bits per heavy atom. The number of phosphoric acid groups is 2. The molecule has 0 aliphatic heterocycles. The molecule has 0 saturated heterocycles. The molecule has 3 N–H and O–H groups in total. The van der Waals surface area contributed by atoms with Gasteiger partial charge in [-0.05, 0) is 43.4 Å². The molecule has 0 aromatic carbocycles. The van der Waals surface area contributed by atoms with Crippen LogP contribution in [0.25, 0.3) is 0 Å². The first-order valence-corrected chi connectivity index (χ1v) is 50.4. The molecule has 0 heterocycles. The molecule has 0 aromatic rings. The molecule has 17 nitrogen and oxygen atoms in total. The average Bonchev–Trinajstić information content (AvgIpc) is 0.897. The third kappa shape index (κ3) is 82.9. The van der Waals surface area contributed by atoms with Gasteiger partial charge in [-0.1, -0.05) is 440 Å². The van der Waals surface area contributed by atoms with Gasteiger partial charge in [-0.25, -0.2) is 9.13 Å². The van der Waals surface area contributed by atoms with Crippen LogP contribution in [-0.2, 0) is 65.4 Å². The van der Waals surface area contributed by atoms with Gasteiger partial charge in [0.2, 0.25) is 0 Å². The van der Waals surface area contributed by atoms with E-state index in [0.29, 0.717) is 31.6 Å². The smallest absolute Gasteiger partial charge is 0.462 e. The van der Waals surface area contributed by atoms with Gasteiger partial charge in [0, 0.05) is 25.7 Å². The largest absolute Gasteiger partial charge is 0.472 e. The summed E-state index contributed by atoms with van der Waals surface area (Å²) in [5, 5.41) is 10.7. The molecular weight excluding hydrogens is 1440 g/mol. The molecule has 660 valence electrons. The van der Waals surface area contributed by atoms with E-state index in [2.05, 4.69) is 48.5 Å². The van der Waals surface area contributed by atoms with Crippen LogP contribution in [0, 0.1) is 17.8 Å². The van der Waals surface area contributed by atoms with Crippen molar-refractivity contribution in [1.29, 1.82) is 0 Å². The lowest BCUT2D eigenvalue weighted by atomic mass is 9.99. The SMILES string of the molecule is CCCCCCCCCCCCCCCCCCCC(=O)O[C@H](COC(=O)CCCCCCCCCC(C)C)COP(=O)(O)OC[C@H](O)COP(=O)(O)OC[C@@H](COC(=O)CCCCCCCCCCCCCCCCCCCCC(C)CC)OC(=O)CCCCCCCCCCCCCCCCCCCCC(C)CC. The van der Waals surface area contributed by atoms with Gasteiger partial charge in [0.15, 0.2) is 12.2 Å². The van der Waals surface area contributed by atoms with Gasteiger partial charge >= 0.3 is 39.5 Å². The van der Waals surface area contributed by atoms with E-state index in [1.807, 2.05) is 0 Å². The van der Waals surface area contributed by atoms with E-state index in [0.717, 1.165) is 108 Å². The maximum absolute atomic E-state index is 13.2. The quantitative estimate of drug-likeness (QED) is 0.0222. The van der Waals surface area contributed by atoms with Crippen LogP contribution < -0.4 is 0 Å². The molecular formula is C92H180O17P2. The Bertz CT molecular complexity index is 2130. The number of esters is 4. The number of aliphatic hydroxyl groups is 1. The van der Waals surface area contributed by atoms with E-state index in [4.69, 9.17) is 37.0 Å². The normalized spacial score (nSPS) is 14.3. The van der Waals surface area contributed by atoms with Crippen molar-refractivity contribution in [2.24, 2.45) is 17.8 Å². The van der Waals surface area contributed by atoms with E-state index >= 15 is 0 Å². The highest BCUT2D eigenvalue weighted by Gasteiger charge is 2.31. The number of aliphatic hydroxyl groups excluding tert-OH is 1. The average molecular weight is 1620 g/mol. The molecule has 0 rings (SSSR count). The molecule has 0 amide bonds. The van der Waals surface area contributed by atoms with Crippen molar-refractivity contribution in [3.8, 4) is 0 Å². The van der Waals surface area contributed by atoms with Crippen molar-refractivity contribution in [3.63, 3.8) is 0 Å². The molecule has 0 saturated carbocycles. The summed E-state index contributed by atoms with van der Waals surface area (Å²) in [4.78, 5) is 73.4. The zero-order chi connectivity index (χ0) is 81.5. The predicted octanol–water partition coefficient (Wildman–Crippen LogP) is 28.4. The standard InChI is InChI=1S/C92H180O17P2/c1-8-11-12-13-14-15-16-17-18-23-31-36-41-46-53-61-68-76-92(97)109-88(80-103-90(95)74-67-60-55-48-49-56-63-70-83(4)5)82-107-111(100,101)105-78-86(93)77-104-110(98,99)106-81-87(108-91(96)75-69-62-54-47-42-37-32-27-22-20-25-29-34-39-44-51-58-65-72-85(7)10-3)79-102-89(94)73-66-59-52-45-40-35-30-26-21-19-24-28-33-38-43-50-57-64-71-84(6)9-2/h83-88,93H,8-82H2,1-7H3,(H,98,99)(H,100,101)/t84?,85?,86-,87-,88-/m1/s1. The fourth-order valence-corrected chi connectivity index (χ4v) is 15.9. The monoisotopic (exact) mass is 1620 g/mol. The van der Waals surface area contributed by atoms with Crippen molar-refractivity contribution >= 4 is 39.5 Å². The Morgan fingerprint density at radius 1 is 0.261 bits per heavy atom. The number of rotatable bonds is 90. The molecule has 0 bridgehead atoms. The summed E-state index contributed by atoms with van der Waals surface area (Å²) >= 11 is 0. The number of unbranched alkanes of at least 4 members (excludes halogenated alkanes) is 56.